The second-order valence-electron chi connectivity index (χ2n) is 5.88. The molecule has 5 heteroatoms. The molecule has 2 heterocycles. The van der Waals surface area contributed by atoms with E-state index in [1.54, 1.807) is 12.1 Å². The van der Waals surface area contributed by atoms with Gasteiger partial charge in [-0.1, -0.05) is 0 Å². The second kappa shape index (κ2) is 5.32. The number of phenols is 1. The van der Waals surface area contributed by atoms with Gasteiger partial charge >= 0.3 is 0 Å². The van der Waals surface area contributed by atoms with E-state index in [0.29, 0.717) is 36.4 Å². The Morgan fingerprint density at radius 2 is 2.25 bits per heavy atom. The number of fused-ring (bicyclic) bond motifs is 1. The van der Waals surface area contributed by atoms with Crippen LogP contribution < -0.4 is 11.1 Å². The Morgan fingerprint density at radius 1 is 1.40 bits per heavy atom. The van der Waals surface area contributed by atoms with E-state index in [4.69, 9.17) is 5.73 Å². The van der Waals surface area contributed by atoms with E-state index in [2.05, 4.69) is 10.2 Å². The van der Waals surface area contributed by atoms with Gasteiger partial charge in [-0.05, 0) is 37.0 Å². The zero-order chi connectivity index (χ0) is 14.1. The van der Waals surface area contributed by atoms with Crippen LogP contribution in [0.2, 0.25) is 0 Å². The number of nitrogens with one attached hydrogen (secondary N) is 1. The fourth-order valence-electron chi connectivity index (χ4n) is 3.30. The van der Waals surface area contributed by atoms with Gasteiger partial charge in [-0.15, -0.1) is 0 Å². The van der Waals surface area contributed by atoms with Crippen molar-refractivity contribution in [1.82, 2.24) is 10.2 Å². The van der Waals surface area contributed by atoms with Crippen LogP contribution in [0.25, 0.3) is 0 Å². The number of amides is 1. The monoisotopic (exact) mass is 275 g/mol. The number of anilines is 1. The zero-order valence-electron chi connectivity index (χ0n) is 11.5. The average Bonchev–Trinajstić information content (AvgIpc) is 2.43. The maximum Gasteiger partial charge on any atom is 0.220 e. The van der Waals surface area contributed by atoms with Gasteiger partial charge in [0.05, 0.1) is 0 Å². The molecule has 0 bridgehead atoms. The number of hydrogen-bond acceptors (Lipinski definition) is 4. The minimum absolute atomic E-state index is 0.188. The summed E-state index contributed by atoms with van der Waals surface area (Å²) in [6, 6.07) is 5.53. The molecule has 0 aliphatic carbocycles. The number of nitrogens with zero attached hydrogens (tertiary/aromatic N) is 1. The number of rotatable bonds is 2. The van der Waals surface area contributed by atoms with Crippen molar-refractivity contribution in [3.63, 3.8) is 0 Å². The van der Waals surface area contributed by atoms with E-state index in [1.165, 1.54) is 0 Å². The summed E-state index contributed by atoms with van der Waals surface area (Å²) >= 11 is 0. The lowest BCUT2D eigenvalue weighted by molar-refractivity contribution is -0.125. The van der Waals surface area contributed by atoms with Gasteiger partial charge in [-0.2, -0.15) is 0 Å². The van der Waals surface area contributed by atoms with E-state index in [1.807, 2.05) is 6.07 Å². The molecule has 3 rings (SSSR count). The number of nitrogens with two attached hydrogens (primary N) is 1. The molecule has 1 aromatic carbocycles. The Balaban J connectivity index is 1.65. The van der Waals surface area contributed by atoms with Crippen LogP contribution in [0.1, 0.15) is 24.8 Å². The minimum Gasteiger partial charge on any atom is -0.508 e. The Kier molecular flexibility index (Phi) is 3.53. The largest absolute Gasteiger partial charge is 0.508 e. The van der Waals surface area contributed by atoms with Gasteiger partial charge in [0, 0.05) is 43.3 Å². The van der Waals surface area contributed by atoms with Crippen molar-refractivity contribution >= 4 is 11.6 Å². The van der Waals surface area contributed by atoms with E-state index < -0.39 is 0 Å². The molecular weight excluding hydrogens is 254 g/mol. The second-order valence-corrected chi connectivity index (χ2v) is 5.88. The number of carbonyl (C=O) groups excluding carboxylic acids is 1. The smallest absolute Gasteiger partial charge is 0.220 e. The van der Waals surface area contributed by atoms with Gasteiger partial charge in [0.25, 0.3) is 0 Å². The van der Waals surface area contributed by atoms with Crippen LogP contribution in [0.3, 0.4) is 0 Å². The first-order chi connectivity index (χ1) is 9.61. The molecule has 2 atom stereocenters. The van der Waals surface area contributed by atoms with E-state index in [-0.39, 0.29) is 5.91 Å². The molecule has 0 aromatic heterocycles. The predicted octanol–water partition coefficient (Wildman–Crippen LogP) is 1.07. The maximum absolute atomic E-state index is 11.4. The standard InChI is InChI=1S/C15H21N3O2/c16-12-2-3-14(19)11(7-12)9-18-6-5-13-10(8-18)1-4-15(20)17-13/h2-3,7,10,13,19H,1,4-6,8-9,16H2,(H,17,20). The van der Waals surface area contributed by atoms with Crippen LogP contribution in [-0.2, 0) is 11.3 Å². The summed E-state index contributed by atoms with van der Waals surface area (Å²) in [7, 11) is 0. The highest BCUT2D eigenvalue weighted by Crippen LogP contribution is 2.28. The fourth-order valence-corrected chi connectivity index (χ4v) is 3.30. The van der Waals surface area contributed by atoms with E-state index >= 15 is 0 Å². The van der Waals surface area contributed by atoms with Gasteiger partial charge in [0.2, 0.25) is 5.91 Å². The molecule has 4 N–H and O–H groups in total. The predicted molar refractivity (Wildman–Crippen MR) is 77.1 cm³/mol. The normalized spacial score (nSPS) is 26.9. The summed E-state index contributed by atoms with van der Waals surface area (Å²) in [6.45, 7) is 2.63. The van der Waals surface area contributed by atoms with Crippen LogP contribution in [0.5, 0.6) is 5.75 Å². The highest BCUT2D eigenvalue weighted by molar-refractivity contribution is 5.77. The summed E-state index contributed by atoms with van der Waals surface area (Å²) in [5, 5.41) is 13.0. The number of carbonyl (C=O) groups is 1. The molecule has 2 saturated heterocycles. The first-order valence-electron chi connectivity index (χ1n) is 7.21. The molecule has 1 aromatic rings. The first kappa shape index (κ1) is 13.2. The Bertz CT molecular complexity index is 518. The van der Waals surface area contributed by atoms with Gasteiger partial charge in [-0.3, -0.25) is 9.69 Å². The Morgan fingerprint density at radius 3 is 3.10 bits per heavy atom. The van der Waals surface area contributed by atoms with Crippen LogP contribution in [0.15, 0.2) is 18.2 Å². The number of piperidine rings is 2. The summed E-state index contributed by atoms with van der Waals surface area (Å²) in [5.74, 6) is 1.02. The number of hydrogen-bond donors (Lipinski definition) is 3. The van der Waals surface area contributed by atoms with Crippen molar-refractivity contribution in [2.24, 2.45) is 5.92 Å². The molecule has 2 fully saturated rings. The number of phenolic OH excluding ortho intramolecular Hbond substituents is 1. The lowest BCUT2D eigenvalue weighted by Gasteiger charge is -2.41. The van der Waals surface area contributed by atoms with Crippen molar-refractivity contribution in [3.05, 3.63) is 23.8 Å². The molecule has 108 valence electrons. The highest BCUT2D eigenvalue weighted by atomic mass is 16.3. The van der Waals surface area contributed by atoms with Crippen molar-refractivity contribution in [1.29, 1.82) is 0 Å². The summed E-state index contributed by atoms with van der Waals surface area (Å²) < 4.78 is 0. The van der Waals surface area contributed by atoms with E-state index in [9.17, 15) is 9.90 Å². The number of nitrogen functional groups attached to an aromatic ring is 1. The molecule has 1 amide bonds. The zero-order valence-corrected chi connectivity index (χ0v) is 11.5. The summed E-state index contributed by atoms with van der Waals surface area (Å²) in [5.41, 5.74) is 7.33. The lowest BCUT2D eigenvalue weighted by Crippen LogP contribution is -2.53. The molecule has 5 nitrogen and oxygen atoms in total. The number of aromatic hydroxyl groups is 1. The SMILES string of the molecule is Nc1ccc(O)c(CN2CCC3NC(=O)CCC3C2)c1. The van der Waals surface area contributed by atoms with Crippen molar-refractivity contribution in [2.75, 3.05) is 18.8 Å². The molecule has 2 aliphatic rings. The van der Waals surface area contributed by atoms with Crippen LogP contribution in [0, 0.1) is 5.92 Å². The van der Waals surface area contributed by atoms with Gasteiger partial charge in [0.1, 0.15) is 5.75 Å². The number of likely N-dealkylation sites (tertiary alicyclic amines) is 1. The molecule has 0 radical (unpaired) electrons. The van der Waals surface area contributed by atoms with Crippen LogP contribution >= 0.6 is 0 Å². The molecular formula is C15H21N3O2. The molecule has 2 unspecified atom stereocenters. The minimum atomic E-state index is 0.188. The van der Waals surface area contributed by atoms with Crippen molar-refractivity contribution in [3.8, 4) is 5.75 Å². The van der Waals surface area contributed by atoms with E-state index in [0.717, 1.165) is 31.5 Å². The molecule has 2 aliphatic heterocycles. The van der Waals surface area contributed by atoms with Crippen LogP contribution in [0.4, 0.5) is 5.69 Å². The fraction of sp³-hybridized carbons (Fsp3) is 0.533. The Hall–Kier alpha value is -1.75. The summed E-state index contributed by atoms with van der Waals surface area (Å²) in [6.07, 6.45) is 2.59. The third-order valence-electron chi connectivity index (χ3n) is 4.40. The Labute approximate surface area is 118 Å². The maximum atomic E-state index is 11.4. The van der Waals surface area contributed by atoms with Crippen molar-refractivity contribution in [2.45, 2.75) is 31.8 Å². The number of benzene rings is 1. The van der Waals surface area contributed by atoms with Crippen LogP contribution in [-0.4, -0.2) is 35.0 Å². The molecule has 0 saturated carbocycles. The quantitative estimate of drug-likeness (QED) is 0.557. The first-order valence-corrected chi connectivity index (χ1v) is 7.21. The molecule has 0 spiro atoms. The van der Waals surface area contributed by atoms with Crippen molar-refractivity contribution < 1.29 is 9.90 Å². The third kappa shape index (κ3) is 2.72. The van der Waals surface area contributed by atoms with Gasteiger partial charge in [0.15, 0.2) is 0 Å². The van der Waals surface area contributed by atoms with Gasteiger partial charge in [-0.25, -0.2) is 0 Å². The van der Waals surface area contributed by atoms with Gasteiger partial charge < -0.3 is 16.2 Å². The highest BCUT2D eigenvalue weighted by Gasteiger charge is 2.33. The topological polar surface area (TPSA) is 78.6 Å². The average molecular weight is 275 g/mol. The third-order valence-corrected chi connectivity index (χ3v) is 4.40. The summed E-state index contributed by atoms with van der Waals surface area (Å²) in [4.78, 5) is 13.7. The lowest BCUT2D eigenvalue weighted by atomic mass is 9.85. The molecule has 20 heavy (non-hydrogen) atoms.